The van der Waals surface area contributed by atoms with Gasteiger partial charge in [0.2, 0.25) is 0 Å². The molecule has 0 aliphatic rings. The predicted octanol–water partition coefficient (Wildman–Crippen LogP) is 1.86. The summed E-state index contributed by atoms with van der Waals surface area (Å²) < 4.78 is 4.99. The van der Waals surface area contributed by atoms with Crippen LogP contribution in [0.1, 0.15) is 18.1 Å². The molecular weight excluding hydrogens is 220 g/mol. The van der Waals surface area contributed by atoms with Crippen LogP contribution in [0.3, 0.4) is 0 Å². The molecule has 0 aromatic heterocycles. The minimum Gasteiger partial charge on any atom is -0.496 e. The highest BCUT2D eigenvalue weighted by Gasteiger charge is 2.16. The summed E-state index contributed by atoms with van der Waals surface area (Å²) in [4.78, 5) is 10.4. The normalized spacial score (nSPS) is 12.2. The van der Waals surface area contributed by atoms with E-state index in [1.165, 1.54) is 13.2 Å². The van der Waals surface area contributed by atoms with E-state index in [4.69, 9.17) is 21.4 Å². The van der Waals surface area contributed by atoms with Crippen LogP contribution in [0.2, 0.25) is 5.02 Å². The van der Waals surface area contributed by atoms with E-state index in [0.717, 1.165) is 0 Å². The van der Waals surface area contributed by atoms with Crippen molar-refractivity contribution in [3.05, 3.63) is 28.8 Å². The summed E-state index contributed by atoms with van der Waals surface area (Å²) in [7, 11) is 1.44. The molecule has 2 N–H and O–H groups in total. The molecule has 82 valence electrons. The van der Waals surface area contributed by atoms with Gasteiger partial charge in [0.05, 0.1) is 19.6 Å². The van der Waals surface area contributed by atoms with Crippen molar-refractivity contribution in [2.75, 3.05) is 7.11 Å². The number of halogens is 1. The Morgan fingerprint density at radius 1 is 1.60 bits per heavy atom. The van der Waals surface area contributed by atoms with Crippen LogP contribution >= 0.6 is 11.6 Å². The van der Waals surface area contributed by atoms with Crippen molar-refractivity contribution in [1.29, 1.82) is 0 Å². The molecule has 0 saturated heterocycles. The number of aliphatic carboxylic acids is 1. The number of carboxylic acids is 1. The highest BCUT2D eigenvalue weighted by molar-refractivity contribution is 6.30. The highest BCUT2D eigenvalue weighted by Crippen LogP contribution is 2.29. The van der Waals surface area contributed by atoms with Gasteiger partial charge in [-0.25, -0.2) is 0 Å². The fourth-order valence-electron chi connectivity index (χ4n) is 1.24. The number of rotatable bonds is 4. The first kappa shape index (κ1) is 11.8. The van der Waals surface area contributed by atoms with Gasteiger partial charge < -0.3 is 14.9 Å². The van der Waals surface area contributed by atoms with Crippen LogP contribution in [0.5, 0.6) is 5.75 Å². The lowest BCUT2D eigenvalue weighted by molar-refractivity contribution is -0.139. The highest BCUT2D eigenvalue weighted by atomic mass is 35.5. The molecule has 0 saturated carbocycles. The number of carboxylic acid groups (broad SMARTS) is 1. The van der Waals surface area contributed by atoms with Crippen molar-refractivity contribution in [3.8, 4) is 5.75 Å². The Bertz CT molecular complexity index is 364. The second-order valence-corrected chi connectivity index (χ2v) is 3.44. The lowest BCUT2D eigenvalue weighted by Gasteiger charge is -2.13. The Morgan fingerprint density at radius 2 is 2.27 bits per heavy atom. The summed E-state index contributed by atoms with van der Waals surface area (Å²) in [6, 6.07) is 4.69. The molecule has 0 fully saturated rings. The molecule has 0 amide bonds. The van der Waals surface area contributed by atoms with Crippen molar-refractivity contribution in [2.45, 2.75) is 12.5 Å². The van der Waals surface area contributed by atoms with E-state index in [9.17, 15) is 9.90 Å². The molecule has 0 bridgehead atoms. The molecular formula is C10H11ClO4. The standard InChI is InChI=1S/C10H11ClO4/c1-15-9-3-2-6(11)4-7(9)8(12)5-10(13)14/h2-4,8,12H,5H2,1H3,(H,13,14)/t8-/m0/s1. The third kappa shape index (κ3) is 3.11. The van der Waals surface area contributed by atoms with Crippen LogP contribution in [0.25, 0.3) is 0 Å². The van der Waals surface area contributed by atoms with Gasteiger partial charge in [-0.2, -0.15) is 0 Å². The van der Waals surface area contributed by atoms with Crippen molar-refractivity contribution in [1.82, 2.24) is 0 Å². The van der Waals surface area contributed by atoms with Crippen molar-refractivity contribution in [3.63, 3.8) is 0 Å². The minimum atomic E-state index is -1.11. The lowest BCUT2D eigenvalue weighted by atomic mass is 10.1. The predicted molar refractivity (Wildman–Crippen MR) is 55.2 cm³/mol. The van der Waals surface area contributed by atoms with Gasteiger partial charge in [-0.1, -0.05) is 11.6 Å². The number of hydrogen-bond acceptors (Lipinski definition) is 3. The SMILES string of the molecule is COc1ccc(Cl)cc1[C@@H](O)CC(=O)O. The smallest absolute Gasteiger partial charge is 0.306 e. The third-order valence-corrected chi connectivity index (χ3v) is 2.15. The number of aliphatic hydroxyl groups excluding tert-OH is 1. The van der Waals surface area contributed by atoms with Gasteiger partial charge in [-0.05, 0) is 18.2 Å². The molecule has 1 rings (SSSR count). The fraction of sp³-hybridized carbons (Fsp3) is 0.300. The molecule has 0 aliphatic carbocycles. The van der Waals surface area contributed by atoms with Gasteiger partial charge in [-0.15, -0.1) is 0 Å². The average molecular weight is 231 g/mol. The summed E-state index contributed by atoms with van der Waals surface area (Å²) in [6.07, 6.45) is -1.49. The van der Waals surface area contributed by atoms with Gasteiger partial charge in [0, 0.05) is 10.6 Å². The van der Waals surface area contributed by atoms with E-state index in [2.05, 4.69) is 0 Å². The van der Waals surface area contributed by atoms with E-state index in [1.54, 1.807) is 12.1 Å². The van der Waals surface area contributed by atoms with Crippen LogP contribution in [0.15, 0.2) is 18.2 Å². The zero-order valence-electron chi connectivity index (χ0n) is 8.11. The number of aliphatic hydroxyl groups is 1. The van der Waals surface area contributed by atoms with E-state index in [-0.39, 0.29) is 6.42 Å². The molecule has 1 atom stereocenters. The van der Waals surface area contributed by atoms with Crippen LogP contribution < -0.4 is 4.74 Å². The van der Waals surface area contributed by atoms with E-state index >= 15 is 0 Å². The second kappa shape index (κ2) is 5.00. The third-order valence-electron chi connectivity index (χ3n) is 1.92. The molecule has 15 heavy (non-hydrogen) atoms. The molecule has 5 heteroatoms. The van der Waals surface area contributed by atoms with E-state index < -0.39 is 12.1 Å². The summed E-state index contributed by atoms with van der Waals surface area (Å²) in [5.74, 6) is -0.655. The number of methoxy groups -OCH3 is 1. The zero-order chi connectivity index (χ0) is 11.4. The fourth-order valence-corrected chi connectivity index (χ4v) is 1.42. The Balaban J connectivity index is 2.99. The van der Waals surface area contributed by atoms with Gasteiger partial charge in [-0.3, -0.25) is 4.79 Å². The van der Waals surface area contributed by atoms with Crippen molar-refractivity contribution >= 4 is 17.6 Å². The maximum atomic E-state index is 10.4. The number of ether oxygens (including phenoxy) is 1. The molecule has 1 aromatic carbocycles. The number of benzene rings is 1. The monoisotopic (exact) mass is 230 g/mol. The van der Waals surface area contributed by atoms with Gasteiger partial charge in [0.25, 0.3) is 0 Å². The van der Waals surface area contributed by atoms with Crippen molar-refractivity contribution in [2.24, 2.45) is 0 Å². The first-order chi connectivity index (χ1) is 7.04. The topological polar surface area (TPSA) is 66.8 Å². The summed E-state index contributed by atoms with van der Waals surface area (Å²) in [6.45, 7) is 0. The quantitative estimate of drug-likeness (QED) is 0.829. The number of hydrogen-bond donors (Lipinski definition) is 2. The summed E-state index contributed by atoms with van der Waals surface area (Å²) >= 11 is 5.74. The molecule has 4 nitrogen and oxygen atoms in total. The van der Waals surface area contributed by atoms with Crippen LogP contribution in [-0.4, -0.2) is 23.3 Å². The van der Waals surface area contributed by atoms with E-state index in [1.807, 2.05) is 0 Å². The largest absolute Gasteiger partial charge is 0.496 e. The molecule has 0 spiro atoms. The average Bonchev–Trinajstić information content (AvgIpc) is 2.16. The first-order valence-corrected chi connectivity index (χ1v) is 4.65. The summed E-state index contributed by atoms with van der Waals surface area (Å²) in [5.41, 5.74) is 0.382. The Labute approximate surface area is 92.1 Å². The van der Waals surface area contributed by atoms with Crippen LogP contribution in [-0.2, 0) is 4.79 Å². The maximum Gasteiger partial charge on any atom is 0.306 e. The first-order valence-electron chi connectivity index (χ1n) is 4.28. The van der Waals surface area contributed by atoms with Gasteiger partial charge >= 0.3 is 5.97 Å². The van der Waals surface area contributed by atoms with Gasteiger partial charge in [0.15, 0.2) is 0 Å². The molecule has 0 radical (unpaired) electrons. The summed E-state index contributed by atoms with van der Waals surface area (Å²) in [5, 5.41) is 18.6. The molecule has 0 aliphatic heterocycles. The second-order valence-electron chi connectivity index (χ2n) is 3.00. The Morgan fingerprint density at radius 3 is 2.80 bits per heavy atom. The Kier molecular flexibility index (Phi) is 3.94. The molecule has 0 unspecified atom stereocenters. The lowest BCUT2D eigenvalue weighted by Crippen LogP contribution is -2.06. The number of carbonyl (C=O) groups is 1. The molecule has 1 aromatic rings. The van der Waals surface area contributed by atoms with Gasteiger partial charge in [0.1, 0.15) is 5.75 Å². The zero-order valence-corrected chi connectivity index (χ0v) is 8.86. The Hall–Kier alpha value is -1.26. The van der Waals surface area contributed by atoms with Crippen LogP contribution in [0.4, 0.5) is 0 Å². The maximum absolute atomic E-state index is 10.4. The van der Waals surface area contributed by atoms with E-state index in [0.29, 0.717) is 16.3 Å². The van der Waals surface area contributed by atoms with Crippen LogP contribution in [0, 0.1) is 0 Å². The minimum absolute atomic E-state index is 0.378. The molecule has 0 heterocycles. The van der Waals surface area contributed by atoms with Crippen molar-refractivity contribution < 1.29 is 19.7 Å².